The Labute approximate surface area is 159 Å². The quantitative estimate of drug-likeness (QED) is 0.393. The summed E-state index contributed by atoms with van der Waals surface area (Å²) in [6, 6.07) is 5.42. The number of methoxy groups -OCH3 is 1. The molecule has 0 aliphatic heterocycles. The van der Waals surface area contributed by atoms with Crippen molar-refractivity contribution < 1.29 is 18.7 Å². The monoisotopic (exact) mass is 373 g/mol. The Hall–Kier alpha value is -2.60. The van der Waals surface area contributed by atoms with E-state index in [-0.39, 0.29) is 12.3 Å². The number of carbonyl (C=O) groups excluding carboxylic acids is 1. The first kappa shape index (κ1) is 20.7. The van der Waals surface area contributed by atoms with Gasteiger partial charge < -0.3 is 19.2 Å². The lowest BCUT2D eigenvalue weighted by Gasteiger charge is -2.10. The SMILES string of the molecule is C=C(C)COc1ccc2c(C)c(CCC(=O)NCCCOC)c(=O)oc2c1. The van der Waals surface area contributed by atoms with Gasteiger partial charge in [-0.2, -0.15) is 0 Å². The third-order valence-electron chi connectivity index (χ3n) is 4.19. The van der Waals surface area contributed by atoms with Gasteiger partial charge in [-0.3, -0.25) is 4.79 Å². The molecule has 1 aromatic heterocycles. The van der Waals surface area contributed by atoms with Gasteiger partial charge in [-0.25, -0.2) is 4.79 Å². The van der Waals surface area contributed by atoms with Crippen LogP contribution >= 0.6 is 0 Å². The van der Waals surface area contributed by atoms with Gasteiger partial charge in [-0.05, 0) is 50.0 Å². The van der Waals surface area contributed by atoms with Crippen LogP contribution in [0.5, 0.6) is 5.75 Å². The molecular weight excluding hydrogens is 346 g/mol. The van der Waals surface area contributed by atoms with Crippen molar-refractivity contribution in [2.45, 2.75) is 33.1 Å². The summed E-state index contributed by atoms with van der Waals surface area (Å²) in [7, 11) is 1.62. The van der Waals surface area contributed by atoms with Crippen molar-refractivity contribution in [3.8, 4) is 5.75 Å². The predicted octanol–water partition coefficient (Wildman–Crippen LogP) is 3.14. The largest absolute Gasteiger partial charge is 0.489 e. The number of benzene rings is 1. The Kier molecular flexibility index (Phi) is 7.61. The van der Waals surface area contributed by atoms with E-state index in [1.807, 2.05) is 26.0 Å². The van der Waals surface area contributed by atoms with Gasteiger partial charge >= 0.3 is 5.63 Å². The van der Waals surface area contributed by atoms with Gasteiger partial charge in [0, 0.05) is 43.7 Å². The molecule has 2 aromatic rings. The molecule has 1 N–H and O–H groups in total. The zero-order chi connectivity index (χ0) is 19.8. The van der Waals surface area contributed by atoms with Crippen molar-refractivity contribution in [3.63, 3.8) is 0 Å². The summed E-state index contributed by atoms with van der Waals surface area (Å²) in [5, 5.41) is 3.66. The number of amides is 1. The van der Waals surface area contributed by atoms with E-state index in [0.717, 1.165) is 22.9 Å². The first-order valence-corrected chi connectivity index (χ1v) is 9.01. The van der Waals surface area contributed by atoms with E-state index in [1.165, 1.54) is 0 Å². The Morgan fingerprint density at radius 1 is 1.33 bits per heavy atom. The van der Waals surface area contributed by atoms with E-state index in [2.05, 4.69) is 11.9 Å². The Balaban J connectivity index is 2.09. The molecule has 0 unspecified atom stereocenters. The molecule has 0 atom stereocenters. The van der Waals surface area contributed by atoms with Crippen molar-refractivity contribution >= 4 is 16.9 Å². The lowest BCUT2D eigenvalue weighted by molar-refractivity contribution is -0.121. The molecule has 2 rings (SSSR count). The summed E-state index contributed by atoms with van der Waals surface area (Å²) < 4.78 is 16.0. The maximum Gasteiger partial charge on any atom is 0.339 e. The fraction of sp³-hybridized carbons (Fsp3) is 0.429. The molecule has 0 aliphatic rings. The van der Waals surface area contributed by atoms with Crippen LogP contribution < -0.4 is 15.7 Å². The standard InChI is InChI=1S/C21H27NO5/c1-14(2)13-26-16-6-7-17-15(3)18(21(24)27-19(17)12-16)8-9-20(23)22-10-5-11-25-4/h6-7,12H,1,5,8-11,13H2,2-4H3,(H,22,23). The number of rotatable bonds is 10. The first-order chi connectivity index (χ1) is 12.9. The summed E-state index contributed by atoms with van der Waals surface area (Å²) in [5.74, 6) is 0.532. The Morgan fingerprint density at radius 2 is 2.11 bits per heavy atom. The summed E-state index contributed by atoms with van der Waals surface area (Å²) in [4.78, 5) is 24.3. The van der Waals surface area contributed by atoms with Crippen LogP contribution in [-0.4, -0.2) is 32.8 Å². The lowest BCUT2D eigenvalue weighted by Crippen LogP contribution is -2.26. The highest BCUT2D eigenvalue weighted by atomic mass is 16.5. The average molecular weight is 373 g/mol. The summed E-state index contributed by atoms with van der Waals surface area (Å²) in [6.07, 6.45) is 1.34. The highest BCUT2D eigenvalue weighted by Gasteiger charge is 2.13. The zero-order valence-corrected chi connectivity index (χ0v) is 16.2. The second-order valence-electron chi connectivity index (χ2n) is 6.59. The first-order valence-electron chi connectivity index (χ1n) is 9.01. The average Bonchev–Trinajstić information content (AvgIpc) is 2.63. The van der Waals surface area contributed by atoms with Crippen LogP contribution in [0.2, 0.25) is 0 Å². The second-order valence-corrected chi connectivity index (χ2v) is 6.59. The van der Waals surface area contributed by atoms with Gasteiger partial charge in [-0.15, -0.1) is 0 Å². The number of aryl methyl sites for hydroxylation is 1. The van der Waals surface area contributed by atoms with E-state index in [9.17, 15) is 9.59 Å². The minimum Gasteiger partial charge on any atom is -0.489 e. The number of fused-ring (bicyclic) bond motifs is 1. The van der Waals surface area contributed by atoms with E-state index in [0.29, 0.717) is 43.1 Å². The van der Waals surface area contributed by atoms with Gasteiger partial charge in [0.2, 0.25) is 5.91 Å². The second kappa shape index (κ2) is 9.92. The van der Waals surface area contributed by atoms with Crippen molar-refractivity contribution in [3.05, 3.63) is 51.9 Å². The van der Waals surface area contributed by atoms with Crippen LogP contribution in [0, 0.1) is 6.92 Å². The summed E-state index contributed by atoms with van der Waals surface area (Å²) in [6.45, 7) is 9.12. The molecule has 1 heterocycles. The van der Waals surface area contributed by atoms with Crippen LogP contribution in [0.1, 0.15) is 30.9 Å². The maximum atomic E-state index is 12.4. The fourth-order valence-corrected chi connectivity index (χ4v) is 2.73. The van der Waals surface area contributed by atoms with Crippen LogP contribution in [0.15, 0.2) is 39.6 Å². The lowest BCUT2D eigenvalue weighted by atomic mass is 10.0. The van der Waals surface area contributed by atoms with Gasteiger partial charge in [0.25, 0.3) is 0 Å². The highest BCUT2D eigenvalue weighted by Crippen LogP contribution is 2.24. The van der Waals surface area contributed by atoms with Crippen LogP contribution in [0.3, 0.4) is 0 Å². The number of nitrogens with one attached hydrogen (secondary N) is 1. The van der Waals surface area contributed by atoms with Crippen molar-refractivity contribution in [1.29, 1.82) is 0 Å². The minimum absolute atomic E-state index is 0.0893. The summed E-state index contributed by atoms with van der Waals surface area (Å²) >= 11 is 0. The molecular formula is C21H27NO5. The maximum absolute atomic E-state index is 12.4. The molecule has 0 radical (unpaired) electrons. The number of hydrogen-bond donors (Lipinski definition) is 1. The zero-order valence-electron chi connectivity index (χ0n) is 16.2. The molecule has 1 amide bonds. The fourth-order valence-electron chi connectivity index (χ4n) is 2.73. The van der Waals surface area contributed by atoms with E-state index < -0.39 is 5.63 Å². The Bertz CT molecular complexity index is 869. The van der Waals surface area contributed by atoms with E-state index in [4.69, 9.17) is 13.9 Å². The minimum atomic E-state index is -0.413. The number of carbonyl (C=O) groups is 1. The van der Waals surface area contributed by atoms with Gasteiger partial charge in [0.1, 0.15) is 17.9 Å². The Morgan fingerprint density at radius 3 is 2.81 bits per heavy atom. The number of ether oxygens (including phenoxy) is 2. The van der Waals surface area contributed by atoms with Crippen LogP contribution in [0.4, 0.5) is 0 Å². The molecule has 6 heteroatoms. The van der Waals surface area contributed by atoms with Crippen LogP contribution in [0.25, 0.3) is 11.0 Å². The van der Waals surface area contributed by atoms with Gasteiger partial charge in [-0.1, -0.05) is 6.58 Å². The topological polar surface area (TPSA) is 77.8 Å². The van der Waals surface area contributed by atoms with Gasteiger partial charge in [0.05, 0.1) is 0 Å². The third kappa shape index (κ3) is 5.96. The number of hydrogen-bond acceptors (Lipinski definition) is 5. The molecule has 0 spiro atoms. The summed E-state index contributed by atoms with van der Waals surface area (Å²) in [5.41, 5.74) is 2.34. The van der Waals surface area contributed by atoms with Crippen molar-refractivity contribution in [1.82, 2.24) is 5.32 Å². The van der Waals surface area contributed by atoms with Gasteiger partial charge in [0.15, 0.2) is 0 Å². The highest BCUT2D eigenvalue weighted by molar-refractivity contribution is 5.82. The molecule has 0 saturated heterocycles. The van der Waals surface area contributed by atoms with E-state index >= 15 is 0 Å². The smallest absolute Gasteiger partial charge is 0.339 e. The molecule has 27 heavy (non-hydrogen) atoms. The molecule has 1 aromatic carbocycles. The molecule has 6 nitrogen and oxygen atoms in total. The molecule has 0 bridgehead atoms. The third-order valence-corrected chi connectivity index (χ3v) is 4.19. The molecule has 0 aliphatic carbocycles. The van der Waals surface area contributed by atoms with E-state index in [1.54, 1.807) is 13.2 Å². The molecule has 0 saturated carbocycles. The normalized spacial score (nSPS) is 10.8. The van der Waals surface area contributed by atoms with Crippen LogP contribution in [-0.2, 0) is 16.0 Å². The molecule has 0 fully saturated rings. The molecule has 146 valence electrons. The van der Waals surface area contributed by atoms with Crippen molar-refractivity contribution in [2.24, 2.45) is 0 Å². The van der Waals surface area contributed by atoms with Crippen molar-refractivity contribution in [2.75, 3.05) is 26.9 Å². The predicted molar refractivity (Wildman–Crippen MR) is 105 cm³/mol.